The van der Waals surface area contributed by atoms with Crippen molar-refractivity contribution in [2.45, 2.75) is 18.2 Å². The highest BCUT2D eigenvalue weighted by Gasteiger charge is 2.12. The van der Waals surface area contributed by atoms with Gasteiger partial charge >= 0.3 is 0 Å². The average Bonchev–Trinajstić information content (AvgIpc) is 3.08. The van der Waals surface area contributed by atoms with Crippen LogP contribution in [0.2, 0.25) is 0 Å². The number of nitrogens with zero attached hydrogens (tertiary/aromatic N) is 2. The Bertz CT molecular complexity index is 820. The van der Waals surface area contributed by atoms with E-state index in [9.17, 15) is 9.50 Å². The van der Waals surface area contributed by atoms with E-state index in [4.69, 9.17) is 4.74 Å². The topological polar surface area (TPSA) is 47.3 Å². The van der Waals surface area contributed by atoms with E-state index in [-0.39, 0.29) is 12.4 Å². The second kappa shape index (κ2) is 8.18. The SMILES string of the molecule is Cc1ccccc1-n1ccnc1SCC(O)COc1ccc(F)cc1. The highest BCUT2D eigenvalue weighted by molar-refractivity contribution is 7.99. The third-order valence-corrected chi connectivity index (χ3v) is 4.75. The highest BCUT2D eigenvalue weighted by atomic mass is 32.2. The lowest BCUT2D eigenvalue weighted by atomic mass is 10.2. The van der Waals surface area contributed by atoms with Crippen LogP contribution in [-0.2, 0) is 0 Å². The summed E-state index contributed by atoms with van der Waals surface area (Å²) in [5, 5.41) is 10.9. The number of aromatic nitrogens is 2. The van der Waals surface area contributed by atoms with Crippen molar-refractivity contribution in [3.8, 4) is 11.4 Å². The zero-order valence-electron chi connectivity index (χ0n) is 13.8. The summed E-state index contributed by atoms with van der Waals surface area (Å²) >= 11 is 1.46. The lowest BCUT2D eigenvalue weighted by Crippen LogP contribution is -2.20. The number of aryl methyl sites for hydroxylation is 1. The number of aliphatic hydroxyl groups is 1. The molecule has 130 valence electrons. The molecule has 4 nitrogen and oxygen atoms in total. The molecule has 1 atom stereocenters. The van der Waals surface area contributed by atoms with Crippen LogP contribution in [0.25, 0.3) is 5.69 Å². The van der Waals surface area contributed by atoms with Gasteiger partial charge in [0.25, 0.3) is 0 Å². The summed E-state index contributed by atoms with van der Waals surface area (Å²) in [7, 11) is 0. The molecule has 0 aliphatic heterocycles. The van der Waals surface area contributed by atoms with Crippen LogP contribution in [0.4, 0.5) is 4.39 Å². The van der Waals surface area contributed by atoms with Crippen molar-refractivity contribution in [1.82, 2.24) is 9.55 Å². The molecule has 0 aliphatic carbocycles. The fraction of sp³-hybridized carbons (Fsp3) is 0.211. The molecule has 2 aromatic carbocycles. The zero-order chi connectivity index (χ0) is 17.6. The van der Waals surface area contributed by atoms with Crippen molar-refractivity contribution in [1.29, 1.82) is 0 Å². The van der Waals surface area contributed by atoms with E-state index in [1.54, 1.807) is 18.3 Å². The molecule has 25 heavy (non-hydrogen) atoms. The maximum absolute atomic E-state index is 12.9. The Morgan fingerprint density at radius 2 is 1.96 bits per heavy atom. The molecule has 0 saturated carbocycles. The van der Waals surface area contributed by atoms with Gasteiger partial charge in [0.1, 0.15) is 18.2 Å². The van der Waals surface area contributed by atoms with Gasteiger partial charge in [-0.1, -0.05) is 30.0 Å². The van der Waals surface area contributed by atoms with Crippen LogP contribution in [0.3, 0.4) is 0 Å². The summed E-state index contributed by atoms with van der Waals surface area (Å²) < 4.78 is 20.3. The number of rotatable bonds is 7. The largest absolute Gasteiger partial charge is 0.491 e. The second-order valence-corrected chi connectivity index (χ2v) is 6.58. The first kappa shape index (κ1) is 17.5. The van der Waals surface area contributed by atoms with Gasteiger partial charge in [-0.3, -0.25) is 4.57 Å². The van der Waals surface area contributed by atoms with Gasteiger partial charge in [0.15, 0.2) is 5.16 Å². The molecule has 0 spiro atoms. The molecule has 0 amide bonds. The standard InChI is InChI=1S/C19H19FN2O2S/c1-14-4-2-3-5-18(14)22-11-10-21-19(22)25-13-16(23)12-24-17-8-6-15(20)7-9-17/h2-11,16,23H,12-13H2,1H3. The number of hydrogen-bond acceptors (Lipinski definition) is 4. The Morgan fingerprint density at radius 3 is 2.72 bits per heavy atom. The summed E-state index contributed by atoms with van der Waals surface area (Å²) in [5.41, 5.74) is 2.22. The molecule has 1 heterocycles. The predicted octanol–water partition coefficient (Wildman–Crippen LogP) is 3.85. The Kier molecular flexibility index (Phi) is 5.73. The summed E-state index contributed by atoms with van der Waals surface area (Å²) in [5.74, 6) is 0.669. The number of para-hydroxylation sites is 1. The van der Waals surface area contributed by atoms with Crippen molar-refractivity contribution >= 4 is 11.8 Å². The Balaban J connectivity index is 1.56. The van der Waals surface area contributed by atoms with Crippen molar-refractivity contribution < 1.29 is 14.2 Å². The molecule has 6 heteroatoms. The third kappa shape index (κ3) is 4.61. The molecule has 0 aliphatic rings. The molecular weight excluding hydrogens is 339 g/mol. The minimum Gasteiger partial charge on any atom is -0.491 e. The lowest BCUT2D eigenvalue weighted by Gasteiger charge is -2.13. The smallest absolute Gasteiger partial charge is 0.172 e. The molecular formula is C19H19FN2O2S. The second-order valence-electron chi connectivity index (χ2n) is 5.60. The van der Waals surface area contributed by atoms with Gasteiger partial charge in [-0.15, -0.1) is 0 Å². The van der Waals surface area contributed by atoms with Crippen LogP contribution in [0, 0.1) is 12.7 Å². The lowest BCUT2D eigenvalue weighted by molar-refractivity contribution is 0.126. The number of benzene rings is 2. The summed E-state index contributed by atoms with van der Waals surface area (Å²) in [6.45, 7) is 2.19. The Morgan fingerprint density at radius 1 is 1.20 bits per heavy atom. The molecule has 0 fully saturated rings. The fourth-order valence-electron chi connectivity index (χ4n) is 2.36. The van der Waals surface area contributed by atoms with E-state index in [0.29, 0.717) is 11.5 Å². The number of hydrogen-bond donors (Lipinski definition) is 1. The molecule has 0 radical (unpaired) electrons. The van der Waals surface area contributed by atoms with E-state index in [2.05, 4.69) is 18.0 Å². The first-order chi connectivity index (χ1) is 12.1. The van der Waals surface area contributed by atoms with Crippen LogP contribution in [-0.4, -0.2) is 33.1 Å². The van der Waals surface area contributed by atoms with Gasteiger partial charge in [0.2, 0.25) is 0 Å². The molecule has 3 rings (SSSR count). The van der Waals surface area contributed by atoms with Crippen LogP contribution < -0.4 is 4.74 Å². The van der Waals surface area contributed by atoms with E-state index < -0.39 is 6.10 Å². The first-order valence-corrected chi connectivity index (χ1v) is 8.90. The fourth-order valence-corrected chi connectivity index (χ4v) is 3.23. The van der Waals surface area contributed by atoms with Crippen molar-refractivity contribution in [2.75, 3.05) is 12.4 Å². The van der Waals surface area contributed by atoms with E-state index in [1.807, 2.05) is 29.0 Å². The van der Waals surface area contributed by atoms with E-state index >= 15 is 0 Å². The van der Waals surface area contributed by atoms with Gasteiger partial charge in [-0.05, 0) is 42.8 Å². The van der Waals surface area contributed by atoms with Crippen LogP contribution in [0.5, 0.6) is 5.75 Å². The minimum absolute atomic E-state index is 0.143. The van der Waals surface area contributed by atoms with Crippen molar-refractivity contribution in [2.24, 2.45) is 0 Å². The molecule has 0 bridgehead atoms. The van der Waals surface area contributed by atoms with Crippen molar-refractivity contribution in [3.63, 3.8) is 0 Å². The number of imidazole rings is 1. The van der Waals surface area contributed by atoms with Gasteiger partial charge in [0.05, 0.1) is 11.8 Å². The molecule has 0 saturated heterocycles. The summed E-state index contributed by atoms with van der Waals surface area (Å²) in [6.07, 6.45) is 3.00. The van der Waals surface area contributed by atoms with Crippen LogP contribution in [0.15, 0.2) is 66.1 Å². The number of halogens is 1. The summed E-state index contributed by atoms with van der Waals surface area (Å²) in [6, 6.07) is 13.8. The minimum atomic E-state index is -0.655. The van der Waals surface area contributed by atoms with Crippen molar-refractivity contribution in [3.05, 3.63) is 72.3 Å². The Hall–Kier alpha value is -2.31. The zero-order valence-corrected chi connectivity index (χ0v) is 14.6. The average molecular weight is 358 g/mol. The third-order valence-electron chi connectivity index (χ3n) is 3.64. The quantitative estimate of drug-likeness (QED) is 0.652. The van der Waals surface area contributed by atoms with Gasteiger partial charge < -0.3 is 9.84 Å². The number of ether oxygens (including phenoxy) is 1. The van der Waals surface area contributed by atoms with Crippen LogP contribution in [0.1, 0.15) is 5.56 Å². The molecule has 1 N–H and O–H groups in total. The number of thioether (sulfide) groups is 1. The van der Waals surface area contributed by atoms with Crippen LogP contribution >= 0.6 is 11.8 Å². The van der Waals surface area contributed by atoms with Gasteiger partial charge in [-0.2, -0.15) is 0 Å². The molecule has 3 aromatic rings. The normalized spacial score (nSPS) is 12.1. The van der Waals surface area contributed by atoms with Gasteiger partial charge in [0, 0.05) is 18.1 Å². The Labute approximate surface area is 150 Å². The maximum atomic E-state index is 12.9. The maximum Gasteiger partial charge on any atom is 0.172 e. The first-order valence-electron chi connectivity index (χ1n) is 7.92. The summed E-state index contributed by atoms with van der Waals surface area (Å²) in [4.78, 5) is 4.37. The number of aliphatic hydroxyl groups excluding tert-OH is 1. The highest BCUT2D eigenvalue weighted by Crippen LogP contribution is 2.23. The monoisotopic (exact) mass is 358 g/mol. The van der Waals surface area contributed by atoms with Gasteiger partial charge in [-0.25, -0.2) is 9.37 Å². The van der Waals surface area contributed by atoms with E-state index in [1.165, 1.54) is 23.9 Å². The van der Waals surface area contributed by atoms with E-state index in [0.717, 1.165) is 16.4 Å². The molecule has 1 aromatic heterocycles. The predicted molar refractivity (Wildman–Crippen MR) is 96.9 cm³/mol. The molecule has 1 unspecified atom stereocenters.